The summed E-state index contributed by atoms with van der Waals surface area (Å²) in [6, 6.07) is 8.38. The summed E-state index contributed by atoms with van der Waals surface area (Å²) in [4.78, 5) is 10.9. The number of imidazole rings is 1. The van der Waals surface area contributed by atoms with Gasteiger partial charge in [0.15, 0.2) is 0 Å². The second-order valence-electron chi connectivity index (χ2n) is 5.53. The molecule has 3 aromatic rings. The Morgan fingerprint density at radius 2 is 2.00 bits per heavy atom. The minimum Gasteiger partial charge on any atom is -0.303 e. The lowest BCUT2D eigenvalue weighted by Crippen LogP contribution is -2.21. The zero-order valence-corrected chi connectivity index (χ0v) is 12.5. The molecular weight excluding hydrogens is 260 g/mol. The standard InChI is InChI=1S/C17H20N4/c1-14-5-10-21-16(12-19-17(21)11-14)13-20(2)9-6-15-3-7-18-8-4-15/h3-5,7-8,10-12H,6,9,13H2,1-2H3. The highest BCUT2D eigenvalue weighted by molar-refractivity contribution is 5.42. The van der Waals surface area contributed by atoms with Crippen LogP contribution in [-0.2, 0) is 13.0 Å². The molecule has 0 bridgehead atoms. The van der Waals surface area contributed by atoms with Crippen LogP contribution >= 0.6 is 0 Å². The van der Waals surface area contributed by atoms with Crippen LogP contribution in [-0.4, -0.2) is 32.9 Å². The number of rotatable bonds is 5. The minimum absolute atomic E-state index is 0.898. The summed E-state index contributed by atoms with van der Waals surface area (Å²) in [7, 11) is 2.15. The SMILES string of the molecule is Cc1ccn2c(CN(C)CCc3ccncc3)cnc2c1. The van der Waals surface area contributed by atoms with Gasteiger partial charge in [-0.25, -0.2) is 4.98 Å². The number of hydrogen-bond acceptors (Lipinski definition) is 3. The summed E-state index contributed by atoms with van der Waals surface area (Å²) in [6.07, 6.45) is 8.81. The van der Waals surface area contributed by atoms with E-state index in [0.717, 1.165) is 25.2 Å². The van der Waals surface area contributed by atoms with Crippen LogP contribution in [0.3, 0.4) is 0 Å². The van der Waals surface area contributed by atoms with Crippen molar-refractivity contribution in [2.75, 3.05) is 13.6 Å². The molecule has 0 N–H and O–H groups in total. The number of likely N-dealkylation sites (N-methyl/N-ethyl adjacent to an activating group) is 1. The maximum absolute atomic E-state index is 4.48. The van der Waals surface area contributed by atoms with Gasteiger partial charge in [-0.15, -0.1) is 0 Å². The van der Waals surface area contributed by atoms with E-state index in [1.165, 1.54) is 16.8 Å². The molecule has 0 aromatic carbocycles. The van der Waals surface area contributed by atoms with Gasteiger partial charge in [0.05, 0.1) is 11.9 Å². The van der Waals surface area contributed by atoms with Crippen molar-refractivity contribution in [2.45, 2.75) is 19.9 Å². The number of nitrogens with zero attached hydrogens (tertiary/aromatic N) is 4. The molecule has 3 rings (SSSR count). The molecule has 21 heavy (non-hydrogen) atoms. The van der Waals surface area contributed by atoms with E-state index in [1.54, 1.807) is 0 Å². The first-order valence-corrected chi connectivity index (χ1v) is 7.22. The first kappa shape index (κ1) is 13.8. The molecule has 0 aliphatic rings. The molecule has 0 saturated carbocycles. The number of aryl methyl sites for hydroxylation is 1. The van der Waals surface area contributed by atoms with Crippen molar-refractivity contribution in [3.05, 3.63) is 65.9 Å². The summed E-state index contributed by atoms with van der Waals surface area (Å²) < 4.78 is 2.16. The molecule has 0 radical (unpaired) electrons. The fourth-order valence-electron chi connectivity index (χ4n) is 2.48. The summed E-state index contributed by atoms with van der Waals surface area (Å²) >= 11 is 0. The summed E-state index contributed by atoms with van der Waals surface area (Å²) in [5, 5.41) is 0. The molecular formula is C17H20N4. The van der Waals surface area contributed by atoms with Crippen molar-refractivity contribution in [3.63, 3.8) is 0 Å². The molecule has 3 heterocycles. The first-order chi connectivity index (χ1) is 10.2. The first-order valence-electron chi connectivity index (χ1n) is 7.22. The van der Waals surface area contributed by atoms with Gasteiger partial charge in [0, 0.05) is 31.7 Å². The Labute approximate surface area is 125 Å². The molecule has 3 aromatic heterocycles. The molecule has 0 amide bonds. The van der Waals surface area contributed by atoms with Gasteiger partial charge >= 0.3 is 0 Å². The van der Waals surface area contributed by atoms with E-state index in [9.17, 15) is 0 Å². The Morgan fingerprint density at radius 1 is 1.19 bits per heavy atom. The molecule has 0 unspecified atom stereocenters. The maximum Gasteiger partial charge on any atom is 0.137 e. The van der Waals surface area contributed by atoms with E-state index in [-0.39, 0.29) is 0 Å². The van der Waals surface area contributed by atoms with Gasteiger partial charge in [-0.05, 0) is 55.8 Å². The van der Waals surface area contributed by atoms with Gasteiger partial charge in [-0.2, -0.15) is 0 Å². The second-order valence-corrected chi connectivity index (χ2v) is 5.53. The summed E-state index contributed by atoms with van der Waals surface area (Å²) in [5.74, 6) is 0. The Morgan fingerprint density at radius 3 is 2.81 bits per heavy atom. The van der Waals surface area contributed by atoms with Gasteiger partial charge in [0.25, 0.3) is 0 Å². The monoisotopic (exact) mass is 280 g/mol. The number of hydrogen-bond donors (Lipinski definition) is 0. The van der Waals surface area contributed by atoms with E-state index >= 15 is 0 Å². The molecule has 4 nitrogen and oxygen atoms in total. The van der Waals surface area contributed by atoms with Crippen LogP contribution in [0.2, 0.25) is 0 Å². The van der Waals surface area contributed by atoms with Crippen LogP contribution in [0.1, 0.15) is 16.8 Å². The normalized spacial score (nSPS) is 11.4. The lowest BCUT2D eigenvalue weighted by Gasteiger charge is -2.16. The Kier molecular flexibility index (Phi) is 3.97. The molecule has 0 atom stereocenters. The highest BCUT2D eigenvalue weighted by Crippen LogP contribution is 2.11. The van der Waals surface area contributed by atoms with Gasteiger partial charge in [-0.3, -0.25) is 4.98 Å². The average molecular weight is 280 g/mol. The van der Waals surface area contributed by atoms with Gasteiger partial charge in [-0.1, -0.05) is 0 Å². The third kappa shape index (κ3) is 3.28. The minimum atomic E-state index is 0.898. The van der Waals surface area contributed by atoms with Gasteiger partial charge in [0.1, 0.15) is 5.65 Å². The Bertz CT molecular complexity index is 718. The zero-order chi connectivity index (χ0) is 14.7. The van der Waals surface area contributed by atoms with E-state index in [1.807, 2.05) is 18.6 Å². The lowest BCUT2D eigenvalue weighted by atomic mass is 10.2. The molecule has 0 fully saturated rings. The fraction of sp³-hybridized carbons (Fsp3) is 0.294. The van der Waals surface area contributed by atoms with Crippen molar-refractivity contribution in [1.29, 1.82) is 0 Å². The van der Waals surface area contributed by atoms with Crippen molar-refractivity contribution in [2.24, 2.45) is 0 Å². The van der Waals surface area contributed by atoms with Crippen LogP contribution in [0.15, 0.2) is 49.1 Å². The maximum atomic E-state index is 4.48. The molecule has 0 spiro atoms. The smallest absolute Gasteiger partial charge is 0.137 e. The van der Waals surface area contributed by atoms with Crippen molar-refractivity contribution >= 4 is 5.65 Å². The van der Waals surface area contributed by atoms with Crippen molar-refractivity contribution < 1.29 is 0 Å². The molecule has 0 saturated heterocycles. The predicted octanol–water partition coefficient (Wildman–Crippen LogP) is 2.71. The van der Waals surface area contributed by atoms with Gasteiger partial charge in [0.2, 0.25) is 0 Å². The quantitative estimate of drug-likeness (QED) is 0.720. The Hall–Kier alpha value is -2.20. The molecule has 108 valence electrons. The van der Waals surface area contributed by atoms with E-state index in [0.29, 0.717) is 0 Å². The van der Waals surface area contributed by atoms with E-state index in [2.05, 4.69) is 63.7 Å². The van der Waals surface area contributed by atoms with Crippen molar-refractivity contribution in [3.8, 4) is 0 Å². The van der Waals surface area contributed by atoms with E-state index < -0.39 is 0 Å². The predicted molar refractivity (Wildman–Crippen MR) is 84.2 cm³/mol. The Balaban J connectivity index is 1.65. The lowest BCUT2D eigenvalue weighted by molar-refractivity contribution is 0.326. The van der Waals surface area contributed by atoms with Crippen LogP contribution in [0.5, 0.6) is 0 Å². The molecule has 0 aliphatic heterocycles. The third-order valence-electron chi connectivity index (χ3n) is 3.71. The largest absolute Gasteiger partial charge is 0.303 e. The van der Waals surface area contributed by atoms with Crippen LogP contribution in [0.25, 0.3) is 5.65 Å². The third-order valence-corrected chi connectivity index (χ3v) is 3.71. The van der Waals surface area contributed by atoms with Crippen molar-refractivity contribution in [1.82, 2.24) is 19.3 Å². The topological polar surface area (TPSA) is 33.4 Å². The second kappa shape index (κ2) is 6.06. The zero-order valence-electron chi connectivity index (χ0n) is 12.5. The highest BCUT2D eigenvalue weighted by Gasteiger charge is 2.06. The van der Waals surface area contributed by atoms with Crippen LogP contribution < -0.4 is 0 Å². The fourth-order valence-corrected chi connectivity index (χ4v) is 2.48. The molecule has 4 heteroatoms. The number of fused-ring (bicyclic) bond motifs is 1. The van der Waals surface area contributed by atoms with Crippen LogP contribution in [0.4, 0.5) is 0 Å². The number of aromatic nitrogens is 3. The summed E-state index contributed by atoms with van der Waals surface area (Å²) in [6.45, 7) is 4.01. The highest BCUT2D eigenvalue weighted by atomic mass is 15.1. The van der Waals surface area contributed by atoms with Crippen LogP contribution in [0, 0.1) is 6.92 Å². The van der Waals surface area contributed by atoms with Gasteiger partial charge < -0.3 is 9.30 Å². The van der Waals surface area contributed by atoms with E-state index in [4.69, 9.17) is 0 Å². The molecule has 0 aliphatic carbocycles. The average Bonchev–Trinajstić information content (AvgIpc) is 2.88. The number of pyridine rings is 2. The summed E-state index contributed by atoms with van der Waals surface area (Å²) in [5.41, 5.74) is 4.81.